The molecule has 0 aliphatic carbocycles. The smallest absolute Gasteiger partial charge is 0.0255 e. The number of fused-ring (bicyclic) bond motifs is 1. The topological polar surface area (TPSA) is 0 Å². The Morgan fingerprint density at radius 3 is 1.93 bits per heavy atom. The summed E-state index contributed by atoms with van der Waals surface area (Å²) in [6, 6.07) is 32.8. The number of rotatable bonds is 1. The van der Waals surface area contributed by atoms with Crippen LogP contribution in [0.4, 0.5) is 0 Å². The fourth-order valence-electron chi connectivity index (χ4n) is 2.87. The predicted molar refractivity (Wildman–Crippen MR) is 119 cm³/mol. The molecule has 28 heavy (non-hydrogen) atoms. The normalized spacial score (nSPS) is 10.1. The zero-order chi connectivity index (χ0) is 19.0. The molecule has 0 unspecified atom stereocenters. The second-order valence-electron chi connectivity index (χ2n) is 6.40. The average molecular weight is 354 g/mol. The van der Waals surface area contributed by atoms with Gasteiger partial charge in [0.15, 0.2) is 0 Å². The Bertz CT molecular complexity index is 1240. The van der Waals surface area contributed by atoms with Gasteiger partial charge in [-0.2, -0.15) is 0 Å². The van der Waals surface area contributed by atoms with Crippen molar-refractivity contribution in [2.45, 2.75) is 0 Å². The summed E-state index contributed by atoms with van der Waals surface area (Å²) >= 11 is 0. The first-order valence-electron chi connectivity index (χ1n) is 9.21. The molecule has 0 bridgehead atoms. The zero-order valence-corrected chi connectivity index (χ0v) is 15.4. The van der Waals surface area contributed by atoms with Gasteiger partial charge in [-0.15, -0.1) is 0 Å². The highest BCUT2D eigenvalue weighted by atomic mass is 14.0. The highest BCUT2D eigenvalue weighted by Gasteiger charge is 1.92. The molecular weight excluding hydrogens is 336 g/mol. The van der Waals surface area contributed by atoms with Crippen LogP contribution in [0.3, 0.4) is 0 Å². The molecular formula is C28H18. The molecule has 0 nitrogen and oxygen atoms in total. The van der Waals surface area contributed by atoms with Crippen LogP contribution in [-0.2, 0) is 0 Å². The second-order valence-corrected chi connectivity index (χ2v) is 6.40. The molecule has 0 heteroatoms. The summed E-state index contributed by atoms with van der Waals surface area (Å²) < 4.78 is 0. The van der Waals surface area contributed by atoms with Crippen LogP contribution in [0.15, 0.2) is 103 Å². The van der Waals surface area contributed by atoms with Gasteiger partial charge in [0.25, 0.3) is 0 Å². The highest BCUT2D eigenvalue weighted by molar-refractivity contribution is 5.83. The maximum Gasteiger partial charge on any atom is 0.0255 e. The Kier molecular flexibility index (Phi) is 5.34. The molecule has 0 aliphatic heterocycles. The van der Waals surface area contributed by atoms with Gasteiger partial charge in [0, 0.05) is 16.7 Å². The van der Waals surface area contributed by atoms with Crippen LogP contribution in [0.25, 0.3) is 16.8 Å². The fourth-order valence-corrected chi connectivity index (χ4v) is 2.87. The standard InChI is InChI=1S/C28H18/c1-2-8-23(9-3-1)14-17-25-18-15-24(16-19-25)10-4-5-11-26-20-21-27-12-6-7-13-28(27)22-26/h1-4,6-10,12-13,15-16,18-22H/b10-4+. The third-order valence-corrected chi connectivity index (χ3v) is 4.36. The summed E-state index contributed by atoms with van der Waals surface area (Å²) in [4.78, 5) is 0. The first kappa shape index (κ1) is 17.4. The first-order chi connectivity index (χ1) is 13.9. The Hall–Kier alpha value is -4.00. The molecule has 0 heterocycles. The molecule has 0 N–H and O–H groups in total. The van der Waals surface area contributed by atoms with Gasteiger partial charge >= 0.3 is 0 Å². The molecule has 0 amide bonds. The largest absolute Gasteiger partial charge is 0.0696 e. The van der Waals surface area contributed by atoms with Gasteiger partial charge in [0.1, 0.15) is 0 Å². The third-order valence-electron chi connectivity index (χ3n) is 4.36. The van der Waals surface area contributed by atoms with Crippen LogP contribution < -0.4 is 0 Å². The van der Waals surface area contributed by atoms with Crippen molar-refractivity contribution in [2.24, 2.45) is 0 Å². The van der Waals surface area contributed by atoms with E-state index in [1.54, 1.807) is 0 Å². The molecule has 0 saturated heterocycles. The van der Waals surface area contributed by atoms with Crippen LogP contribution in [0.2, 0.25) is 0 Å². The summed E-state index contributed by atoms with van der Waals surface area (Å²) in [6.45, 7) is 0. The summed E-state index contributed by atoms with van der Waals surface area (Å²) in [5, 5.41) is 2.45. The van der Waals surface area contributed by atoms with Crippen molar-refractivity contribution in [2.75, 3.05) is 0 Å². The van der Waals surface area contributed by atoms with Crippen LogP contribution in [0.1, 0.15) is 22.3 Å². The fraction of sp³-hybridized carbons (Fsp3) is 0. The van der Waals surface area contributed by atoms with Crippen molar-refractivity contribution in [3.05, 3.63) is 125 Å². The molecule has 0 atom stereocenters. The molecule has 4 aromatic carbocycles. The van der Waals surface area contributed by atoms with Gasteiger partial charge in [0.2, 0.25) is 0 Å². The monoisotopic (exact) mass is 354 g/mol. The van der Waals surface area contributed by atoms with Gasteiger partial charge in [-0.1, -0.05) is 84.3 Å². The lowest BCUT2D eigenvalue weighted by atomic mass is 10.1. The Balaban J connectivity index is 1.42. The van der Waals surface area contributed by atoms with E-state index >= 15 is 0 Å². The number of hydrogen-bond donors (Lipinski definition) is 0. The van der Waals surface area contributed by atoms with Gasteiger partial charge in [-0.05, 0) is 64.9 Å². The average Bonchev–Trinajstić information content (AvgIpc) is 2.77. The van der Waals surface area contributed by atoms with E-state index < -0.39 is 0 Å². The van der Waals surface area contributed by atoms with E-state index in [4.69, 9.17) is 0 Å². The quantitative estimate of drug-likeness (QED) is 0.352. The maximum atomic E-state index is 3.20. The third kappa shape index (κ3) is 4.59. The molecule has 4 aromatic rings. The highest BCUT2D eigenvalue weighted by Crippen LogP contribution is 2.15. The lowest BCUT2D eigenvalue weighted by Crippen LogP contribution is -1.77. The lowest BCUT2D eigenvalue weighted by molar-refractivity contribution is 1.60. The zero-order valence-electron chi connectivity index (χ0n) is 15.4. The van der Waals surface area contributed by atoms with Gasteiger partial charge in [-0.3, -0.25) is 0 Å². The van der Waals surface area contributed by atoms with Crippen LogP contribution >= 0.6 is 0 Å². The number of allylic oxidation sites excluding steroid dienone is 1. The molecule has 0 aromatic heterocycles. The summed E-state index contributed by atoms with van der Waals surface area (Å²) in [6.07, 6.45) is 3.91. The SMILES string of the molecule is C(#Cc1ccc2ccccc2c1)/C=C/c1ccc(C#Cc2ccccc2)cc1. The van der Waals surface area contributed by atoms with Gasteiger partial charge < -0.3 is 0 Å². The van der Waals surface area contributed by atoms with E-state index in [0.29, 0.717) is 0 Å². The van der Waals surface area contributed by atoms with Crippen molar-refractivity contribution in [1.29, 1.82) is 0 Å². The van der Waals surface area contributed by atoms with E-state index in [2.05, 4.69) is 72.2 Å². The minimum atomic E-state index is 1.00. The molecule has 4 rings (SSSR count). The van der Waals surface area contributed by atoms with Gasteiger partial charge in [0.05, 0.1) is 0 Å². The summed E-state index contributed by atoms with van der Waals surface area (Å²) in [7, 11) is 0. The molecule has 0 radical (unpaired) electrons. The van der Waals surface area contributed by atoms with Crippen LogP contribution in [0.5, 0.6) is 0 Å². The molecule has 130 valence electrons. The lowest BCUT2D eigenvalue weighted by Gasteiger charge is -1.96. The molecule has 0 aliphatic rings. The van der Waals surface area contributed by atoms with E-state index in [0.717, 1.165) is 22.3 Å². The summed E-state index contributed by atoms with van der Waals surface area (Å²) in [5.74, 6) is 12.7. The molecule has 0 spiro atoms. The van der Waals surface area contributed by atoms with Gasteiger partial charge in [-0.25, -0.2) is 0 Å². The maximum absolute atomic E-state index is 3.20. The number of benzene rings is 4. The van der Waals surface area contributed by atoms with E-state index in [9.17, 15) is 0 Å². The van der Waals surface area contributed by atoms with E-state index in [1.165, 1.54) is 10.8 Å². The van der Waals surface area contributed by atoms with E-state index in [-0.39, 0.29) is 0 Å². The Labute approximate surface area is 166 Å². The Morgan fingerprint density at radius 2 is 1.14 bits per heavy atom. The summed E-state index contributed by atoms with van der Waals surface area (Å²) in [5.41, 5.74) is 4.16. The van der Waals surface area contributed by atoms with Crippen molar-refractivity contribution in [3.63, 3.8) is 0 Å². The van der Waals surface area contributed by atoms with Crippen molar-refractivity contribution < 1.29 is 0 Å². The Morgan fingerprint density at radius 1 is 0.500 bits per heavy atom. The minimum Gasteiger partial charge on any atom is -0.0696 e. The van der Waals surface area contributed by atoms with Crippen molar-refractivity contribution in [1.82, 2.24) is 0 Å². The van der Waals surface area contributed by atoms with Crippen molar-refractivity contribution >= 4 is 16.8 Å². The minimum absolute atomic E-state index is 1.00. The predicted octanol–water partition coefficient (Wildman–Crippen LogP) is 6.30. The van der Waals surface area contributed by atoms with Crippen molar-refractivity contribution in [3.8, 4) is 23.7 Å². The number of hydrogen-bond acceptors (Lipinski definition) is 0. The van der Waals surface area contributed by atoms with Crippen LogP contribution in [0, 0.1) is 23.7 Å². The van der Waals surface area contributed by atoms with E-state index in [1.807, 2.05) is 60.7 Å². The van der Waals surface area contributed by atoms with Crippen LogP contribution in [-0.4, -0.2) is 0 Å². The molecule has 0 fully saturated rings. The first-order valence-corrected chi connectivity index (χ1v) is 9.21. The molecule has 0 saturated carbocycles. The second kappa shape index (κ2) is 8.59.